The number of hydrogen-bond donors (Lipinski definition) is 2. The smallest absolute Gasteiger partial charge is 0.287 e. The number of fused-ring (bicyclic) bond motifs is 1. The summed E-state index contributed by atoms with van der Waals surface area (Å²) in [6, 6.07) is 16.0. The maximum absolute atomic E-state index is 12.4. The topological polar surface area (TPSA) is 54.3 Å². The summed E-state index contributed by atoms with van der Waals surface area (Å²) >= 11 is 0. The first kappa shape index (κ1) is 16.1. The molecule has 0 radical (unpaired) electrons. The molecule has 4 nitrogen and oxygen atoms in total. The van der Waals surface area contributed by atoms with Gasteiger partial charge in [-0.2, -0.15) is 0 Å². The highest BCUT2D eigenvalue weighted by Gasteiger charge is 2.17. The molecule has 0 saturated carbocycles. The Morgan fingerprint density at radius 3 is 2.54 bits per heavy atom. The summed E-state index contributed by atoms with van der Waals surface area (Å²) in [4.78, 5) is 12.4. The summed E-state index contributed by atoms with van der Waals surface area (Å²) in [6.07, 6.45) is 0.846. The van der Waals surface area contributed by atoms with Gasteiger partial charge in [-0.15, -0.1) is 0 Å². The van der Waals surface area contributed by atoms with Crippen LogP contribution in [0.3, 0.4) is 0 Å². The molecule has 0 spiro atoms. The first-order chi connectivity index (χ1) is 11.7. The van der Waals surface area contributed by atoms with E-state index in [4.69, 9.17) is 4.42 Å². The molecule has 0 saturated heterocycles. The van der Waals surface area contributed by atoms with Crippen molar-refractivity contribution in [3.05, 3.63) is 65.4 Å². The normalized spacial score (nSPS) is 10.8. The van der Waals surface area contributed by atoms with Gasteiger partial charge in [0.15, 0.2) is 5.76 Å². The van der Waals surface area contributed by atoms with Gasteiger partial charge in [-0.25, -0.2) is 0 Å². The van der Waals surface area contributed by atoms with Crippen LogP contribution in [-0.4, -0.2) is 19.0 Å². The number of amides is 1. The van der Waals surface area contributed by atoms with E-state index in [1.807, 2.05) is 62.4 Å². The van der Waals surface area contributed by atoms with E-state index in [-0.39, 0.29) is 5.91 Å². The van der Waals surface area contributed by atoms with E-state index < -0.39 is 0 Å². The third-order valence-electron chi connectivity index (χ3n) is 4.11. The second kappa shape index (κ2) is 7.21. The van der Waals surface area contributed by atoms with E-state index in [0.717, 1.165) is 40.7 Å². The van der Waals surface area contributed by atoms with E-state index in [1.54, 1.807) is 0 Å². The largest absolute Gasteiger partial charge is 0.450 e. The first-order valence-corrected chi connectivity index (χ1v) is 8.22. The average Bonchev–Trinajstić information content (AvgIpc) is 2.94. The summed E-state index contributed by atoms with van der Waals surface area (Å²) in [7, 11) is 0. The number of benzene rings is 2. The van der Waals surface area contributed by atoms with Crippen LogP contribution >= 0.6 is 0 Å². The van der Waals surface area contributed by atoms with Gasteiger partial charge in [0.2, 0.25) is 0 Å². The molecule has 4 heteroatoms. The van der Waals surface area contributed by atoms with Crippen molar-refractivity contribution in [2.24, 2.45) is 0 Å². The zero-order chi connectivity index (χ0) is 16.9. The van der Waals surface area contributed by atoms with Gasteiger partial charge in [0.1, 0.15) is 5.58 Å². The average molecular weight is 322 g/mol. The minimum atomic E-state index is -0.150. The standard InChI is InChI=1S/C20H22N2O2/c1-14-8-6-11-17-15(2)19(24-18(14)17)20(23)22-13-7-12-21-16-9-4-3-5-10-16/h3-6,8-11,21H,7,12-13H2,1-2H3,(H,22,23). The van der Waals surface area contributed by atoms with Crippen LogP contribution in [0.5, 0.6) is 0 Å². The number of carbonyl (C=O) groups excluding carboxylic acids is 1. The third kappa shape index (κ3) is 3.43. The fourth-order valence-corrected chi connectivity index (χ4v) is 2.76. The summed E-state index contributed by atoms with van der Waals surface area (Å²) < 4.78 is 5.79. The van der Waals surface area contributed by atoms with Gasteiger partial charge in [0.05, 0.1) is 0 Å². The molecule has 0 aliphatic rings. The maximum atomic E-state index is 12.4. The second-order valence-electron chi connectivity index (χ2n) is 5.91. The number of para-hydroxylation sites is 2. The Balaban J connectivity index is 1.54. The molecule has 0 aliphatic carbocycles. The van der Waals surface area contributed by atoms with Crippen LogP contribution < -0.4 is 10.6 Å². The van der Waals surface area contributed by atoms with Gasteiger partial charge in [0.25, 0.3) is 5.91 Å². The summed E-state index contributed by atoms with van der Waals surface area (Å²) in [5, 5.41) is 7.26. The molecule has 3 rings (SSSR count). The van der Waals surface area contributed by atoms with Gasteiger partial charge in [-0.1, -0.05) is 36.4 Å². The van der Waals surface area contributed by atoms with E-state index in [2.05, 4.69) is 10.6 Å². The monoisotopic (exact) mass is 322 g/mol. The Bertz CT molecular complexity index is 837. The SMILES string of the molecule is Cc1c(C(=O)NCCCNc2ccccc2)oc2c(C)cccc12. The van der Waals surface area contributed by atoms with Crippen LogP contribution in [0, 0.1) is 13.8 Å². The number of aryl methyl sites for hydroxylation is 2. The highest BCUT2D eigenvalue weighted by molar-refractivity contribution is 5.99. The fourth-order valence-electron chi connectivity index (χ4n) is 2.76. The quantitative estimate of drug-likeness (QED) is 0.666. The van der Waals surface area contributed by atoms with E-state index in [1.165, 1.54) is 0 Å². The number of rotatable bonds is 6. The second-order valence-corrected chi connectivity index (χ2v) is 5.91. The minimum absolute atomic E-state index is 0.150. The molecule has 0 unspecified atom stereocenters. The Morgan fingerprint density at radius 1 is 1.00 bits per heavy atom. The van der Waals surface area contributed by atoms with Crippen LogP contribution in [0.2, 0.25) is 0 Å². The lowest BCUT2D eigenvalue weighted by Gasteiger charge is -2.07. The number of furan rings is 1. The molecular formula is C20H22N2O2. The van der Waals surface area contributed by atoms with Crippen molar-refractivity contribution in [1.29, 1.82) is 0 Å². The lowest BCUT2D eigenvalue weighted by Crippen LogP contribution is -2.26. The number of anilines is 1. The van der Waals surface area contributed by atoms with Gasteiger partial charge >= 0.3 is 0 Å². The molecule has 2 N–H and O–H groups in total. The predicted molar refractivity (Wildman–Crippen MR) is 97.6 cm³/mol. The molecular weight excluding hydrogens is 300 g/mol. The summed E-state index contributed by atoms with van der Waals surface area (Å²) in [6.45, 7) is 5.33. The van der Waals surface area contributed by atoms with Gasteiger partial charge in [-0.05, 0) is 38.0 Å². The number of nitrogens with one attached hydrogen (secondary N) is 2. The van der Waals surface area contributed by atoms with Crippen LogP contribution in [0.4, 0.5) is 5.69 Å². The molecule has 0 aliphatic heterocycles. The Labute approximate surface area is 141 Å². The zero-order valence-electron chi connectivity index (χ0n) is 14.1. The molecule has 3 aromatic rings. The minimum Gasteiger partial charge on any atom is -0.450 e. The molecule has 124 valence electrons. The summed E-state index contributed by atoms with van der Waals surface area (Å²) in [5.41, 5.74) is 3.83. The molecule has 0 atom stereocenters. The molecule has 0 bridgehead atoms. The highest BCUT2D eigenvalue weighted by Crippen LogP contribution is 2.27. The molecule has 1 amide bonds. The zero-order valence-corrected chi connectivity index (χ0v) is 14.1. The van der Waals surface area contributed by atoms with Crippen molar-refractivity contribution in [3.8, 4) is 0 Å². The highest BCUT2D eigenvalue weighted by atomic mass is 16.3. The number of hydrogen-bond acceptors (Lipinski definition) is 3. The first-order valence-electron chi connectivity index (χ1n) is 8.22. The lowest BCUT2D eigenvalue weighted by atomic mass is 10.1. The van der Waals surface area contributed by atoms with Crippen molar-refractivity contribution >= 4 is 22.6 Å². The van der Waals surface area contributed by atoms with E-state index in [0.29, 0.717) is 12.3 Å². The summed E-state index contributed by atoms with van der Waals surface area (Å²) in [5.74, 6) is 0.262. The van der Waals surface area contributed by atoms with Crippen molar-refractivity contribution in [3.63, 3.8) is 0 Å². The number of carbonyl (C=O) groups is 1. The van der Waals surface area contributed by atoms with Crippen LogP contribution in [0.1, 0.15) is 28.1 Å². The van der Waals surface area contributed by atoms with Crippen molar-refractivity contribution < 1.29 is 9.21 Å². The fraction of sp³-hybridized carbons (Fsp3) is 0.250. The Hall–Kier alpha value is -2.75. The molecule has 24 heavy (non-hydrogen) atoms. The van der Waals surface area contributed by atoms with Crippen LogP contribution in [0.15, 0.2) is 52.9 Å². The lowest BCUT2D eigenvalue weighted by molar-refractivity contribution is 0.0927. The van der Waals surface area contributed by atoms with Gasteiger partial charge in [-0.3, -0.25) is 4.79 Å². The Morgan fingerprint density at radius 2 is 1.79 bits per heavy atom. The maximum Gasteiger partial charge on any atom is 0.287 e. The molecule has 2 aromatic carbocycles. The van der Waals surface area contributed by atoms with E-state index in [9.17, 15) is 4.79 Å². The van der Waals surface area contributed by atoms with Crippen LogP contribution in [-0.2, 0) is 0 Å². The van der Waals surface area contributed by atoms with Crippen molar-refractivity contribution in [2.45, 2.75) is 20.3 Å². The van der Waals surface area contributed by atoms with E-state index >= 15 is 0 Å². The van der Waals surface area contributed by atoms with Gasteiger partial charge in [0, 0.05) is 29.7 Å². The molecule has 0 fully saturated rings. The van der Waals surface area contributed by atoms with Crippen LogP contribution in [0.25, 0.3) is 11.0 Å². The van der Waals surface area contributed by atoms with Crippen molar-refractivity contribution in [2.75, 3.05) is 18.4 Å². The predicted octanol–water partition coefficient (Wildman–Crippen LogP) is 4.28. The third-order valence-corrected chi connectivity index (χ3v) is 4.11. The van der Waals surface area contributed by atoms with Gasteiger partial charge < -0.3 is 15.1 Å². The molecule has 1 heterocycles. The molecule has 1 aromatic heterocycles. The Kier molecular flexibility index (Phi) is 4.85. The van der Waals surface area contributed by atoms with Crippen molar-refractivity contribution in [1.82, 2.24) is 5.32 Å².